The van der Waals surface area contributed by atoms with E-state index < -0.39 is 0 Å². The van der Waals surface area contributed by atoms with Crippen LogP contribution in [0, 0.1) is 0 Å². The van der Waals surface area contributed by atoms with Crippen LogP contribution in [0.3, 0.4) is 0 Å². The molecule has 0 bridgehead atoms. The summed E-state index contributed by atoms with van der Waals surface area (Å²) in [4.78, 5) is 25.6. The number of imidazole rings is 1. The highest BCUT2D eigenvalue weighted by atomic mass is 32.1. The molecular weight excluding hydrogens is 386 g/mol. The molecule has 0 aliphatic carbocycles. The lowest BCUT2D eigenvalue weighted by Crippen LogP contribution is -2.16. The molecule has 9 heteroatoms. The van der Waals surface area contributed by atoms with Crippen molar-refractivity contribution in [1.29, 1.82) is 0 Å². The average molecular weight is 405 g/mol. The van der Waals surface area contributed by atoms with Gasteiger partial charge in [0.2, 0.25) is 0 Å². The van der Waals surface area contributed by atoms with Crippen LogP contribution in [0.2, 0.25) is 0 Å². The summed E-state index contributed by atoms with van der Waals surface area (Å²) in [6.07, 6.45) is 7.41. The second-order valence-electron chi connectivity index (χ2n) is 6.87. The number of hydrogen-bond acceptors (Lipinski definition) is 7. The van der Waals surface area contributed by atoms with Gasteiger partial charge >= 0.3 is 0 Å². The Balaban J connectivity index is 1.51. The predicted octanol–water partition coefficient (Wildman–Crippen LogP) is 3.11. The van der Waals surface area contributed by atoms with Gasteiger partial charge in [-0.05, 0) is 31.5 Å². The summed E-state index contributed by atoms with van der Waals surface area (Å²) in [5, 5.41) is 8.67. The summed E-state index contributed by atoms with van der Waals surface area (Å²) in [5.74, 6) is 1.18. The normalized spacial score (nSPS) is 16.3. The number of nitrogens with one attached hydrogen (secondary N) is 2. The van der Waals surface area contributed by atoms with Crippen LogP contribution in [0.4, 0.5) is 10.9 Å². The molecule has 29 heavy (non-hydrogen) atoms. The van der Waals surface area contributed by atoms with Crippen molar-refractivity contribution in [2.75, 3.05) is 17.6 Å². The van der Waals surface area contributed by atoms with Crippen molar-refractivity contribution in [1.82, 2.24) is 24.7 Å². The molecule has 0 saturated carbocycles. The zero-order chi connectivity index (χ0) is 19.8. The van der Waals surface area contributed by atoms with Gasteiger partial charge in [0, 0.05) is 35.1 Å². The Hall–Kier alpha value is -3.30. The first kappa shape index (κ1) is 17.8. The summed E-state index contributed by atoms with van der Waals surface area (Å²) in [6, 6.07) is 7.53. The van der Waals surface area contributed by atoms with E-state index in [1.807, 2.05) is 28.1 Å². The quantitative estimate of drug-likeness (QED) is 0.481. The van der Waals surface area contributed by atoms with E-state index in [1.54, 1.807) is 24.5 Å². The molecule has 5 rings (SSSR count). The van der Waals surface area contributed by atoms with E-state index >= 15 is 0 Å². The number of benzene rings is 1. The van der Waals surface area contributed by atoms with Crippen molar-refractivity contribution in [2.45, 2.75) is 18.9 Å². The number of amides is 1. The van der Waals surface area contributed by atoms with Gasteiger partial charge in [-0.25, -0.2) is 15.0 Å². The monoisotopic (exact) mass is 405 g/mol. The van der Waals surface area contributed by atoms with E-state index in [0.29, 0.717) is 16.5 Å². The van der Waals surface area contributed by atoms with Crippen LogP contribution in [0.5, 0.6) is 0 Å². The molecule has 1 amide bonds. The smallest absolute Gasteiger partial charge is 0.257 e. The maximum Gasteiger partial charge on any atom is 0.257 e. The van der Waals surface area contributed by atoms with Crippen molar-refractivity contribution < 1.29 is 4.79 Å². The molecule has 0 radical (unpaired) electrons. The van der Waals surface area contributed by atoms with Gasteiger partial charge in [0.15, 0.2) is 5.13 Å². The van der Waals surface area contributed by atoms with Crippen LogP contribution < -0.4 is 16.4 Å². The third-order valence-corrected chi connectivity index (χ3v) is 5.74. The van der Waals surface area contributed by atoms with Crippen LogP contribution in [-0.4, -0.2) is 31.8 Å². The van der Waals surface area contributed by atoms with E-state index in [9.17, 15) is 4.79 Å². The number of hydrogen-bond donors (Lipinski definition) is 3. The lowest BCUT2D eigenvalue weighted by molar-refractivity contribution is 0.102. The number of thiazole rings is 1. The zero-order valence-electron chi connectivity index (χ0n) is 15.5. The highest BCUT2D eigenvalue weighted by Gasteiger charge is 2.24. The maximum atomic E-state index is 12.4. The lowest BCUT2D eigenvalue weighted by atomic mass is 10.1. The summed E-state index contributed by atoms with van der Waals surface area (Å²) >= 11 is 1.38. The van der Waals surface area contributed by atoms with Crippen LogP contribution in [-0.2, 0) is 0 Å². The Bertz CT molecular complexity index is 1160. The molecule has 3 aromatic heterocycles. The van der Waals surface area contributed by atoms with E-state index in [1.165, 1.54) is 11.3 Å². The van der Waals surface area contributed by atoms with Crippen LogP contribution in [0.25, 0.3) is 16.8 Å². The van der Waals surface area contributed by atoms with Crippen molar-refractivity contribution in [2.24, 2.45) is 0 Å². The lowest BCUT2D eigenvalue weighted by Gasteiger charge is -2.08. The largest absolute Gasteiger partial charge is 0.382 e. The van der Waals surface area contributed by atoms with E-state index in [4.69, 9.17) is 10.7 Å². The minimum atomic E-state index is -0.196. The highest BCUT2D eigenvalue weighted by molar-refractivity contribution is 7.13. The number of nitrogens with two attached hydrogens (primary N) is 1. The molecule has 1 atom stereocenters. The van der Waals surface area contributed by atoms with E-state index in [0.717, 1.165) is 42.0 Å². The minimum absolute atomic E-state index is 0.196. The fourth-order valence-corrected chi connectivity index (χ4v) is 4.20. The first-order valence-electron chi connectivity index (χ1n) is 9.38. The van der Waals surface area contributed by atoms with Gasteiger partial charge in [-0.1, -0.05) is 12.1 Å². The van der Waals surface area contributed by atoms with Gasteiger partial charge < -0.3 is 11.1 Å². The summed E-state index contributed by atoms with van der Waals surface area (Å²) in [5.41, 5.74) is 9.19. The topological polar surface area (TPSA) is 110 Å². The molecule has 4 N–H and O–H groups in total. The van der Waals surface area contributed by atoms with Gasteiger partial charge in [0.05, 0.1) is 6.04 Å². The van der Waals surface area contributed by atoms with Crippen molar-refractivity contribution in [3.05, 3.63) is 59.6 Å². The molecule has 4 heterocycles. The van der Waals surface area contributed by atoms with E-state index in [2.05, 4.69) is 20.6 Å². The molecule has 1 aliphatic heterocycles. The maximum absolute atomic E-state index is 12.4. The van der Waals surface area contributed by atoms with Gasteiger partial charge in [0.25, 0.3) is 5.91 Å². The Morgan fingerprint density at radius 2 is 2.10 bits per heavy atom. The number of carbonyl (C=O) groups is 1. The number of anilines is 2. The molecule has 1 saturated heterocycles. The summed E-state index contributed by atoms with van der Waals surface area (Å²) in [6.45, 7) is 0.985. The first-order chi connectivity index (χ1) is 14.2. The molecular formula is C20H19N7OS. The minimum Gasteiger partial charge on any atom is -0.382 e. The average Bonchev–Trinajstić information content (AvgIpc) is 3.49. The number of carbonyl (C=O) groups excluding carboxylic acids is 1. The highest BCUT2D eigenvalue weighted by Crippen LogP contribution is 2.32. The third kappa shape index (κ3) is 3.24. The predicted molar refractivity (Wildman–Crippen MR) is 113 cm³/mol. The number of aromatic nitrogens is 4. The molecule has 4 aromatic rings. The summed E-state index contributed by atoms with van der Waals surface area (Å²) < 4.78 is 2.02. The number of rotatable bonds is 4. The van der Waals surface area contributed by atoms with Crippen LogP contribution >= 0.6 is 11.3 Å². The van der Waals surface area contributed by atoms with Crippen molar-refractivity contribution in [3.63, 3.8) is 0 Å². The Morgan fingerprint density at radius 1 is 1.24 bits per heavy atom. The van der Waals surface area contributed by atoms with Gasteiger partial charge in [-0.15, -0.1) is 11.3 Å². The zero-order valence-corrected chi connectivity index (χ0v) is 16.3. The molecule has 146 valence electrons. The van der Waals surface area contributed by atoms with Crippen LogP contribution in [0.15, 0.2) is 48.2 Å². The number of nitrogens with zero attached hydrogens (tertiary/aromatic N) is 4. The molecule has 0 unspecified atom stereocenters. The fourth-order valence-electron chi connectivity index (χ4n) is 3.67. The first-order valence-corrected chi connectivity index (χ1v) is 10.3. The SMILES string of the molecule is Nc1nccn2c([C@@H]3CCCN3)nc(-c3ccc(C(=O)Nc4nccs4)cc3)c12. The second kappa shape index (κ2) is 7.26. The third-order valence-electron chi connectivity index (χ3n) is 5.06. The second-order valence-corrected chi connectivity index (χ2v) is 7.76. The number of nitrogen functional groups attached to an aromatic ring is 1. The number of fused-ring (bicyclic) bond motifs is 1. The van der Waals surface area contributed by atoms with Gasteiger partial charge in [-0.3, -0.25) is 14.5 Å². The standard InChI is InChI=1S/C20H19N7OS/c21-17-16-15(25-18(14-2-1-7-22-14)27(16)10-8-23-17)12-3-5-13(6-4-12)19(28)26-20-24-9-11-29-20/h3-6,8-11,14,22H,1-2,7H2,(H2,21,23)(H,24,26,28)/t14-/m0/s1. The molecule has 8 nitrogen and oxygen atoms in total. The summed E-state index contributed by atoms with van der Waals surface area (Å²) in [7, 11) is 0. The Kier molecular flexibility index (Phi) is 4.45. The van der Waals surface area contributed by atoms with Crippen molar-refractivity contribution in [3.8, 4) is 11.3 Å². The van der Waals surface area contributed by atoms with E-state index in [-0.39, 0.29) is 11.9 Å². The van der Waals surface area contributed by atoms with Gasteiger partial charge in [-0.2, -0.15) is 0 Å². The molecule has 0 spiro atoms. The Labute approximate surface area is 170 Å². The molecule has 1 aromatic carbocycles. The van der Waals surface area contributed by atoms with Crippen LogP contribution in [0.1, 0.15) is 35.1 Å². The van der Waals surface area contributed by atoms with Crippen molar-refractivity contribution >= 4 is 33.7 Å². The Morgan fingerprint density at radius 3 is 2.83 bits per heavy atom. The van der Waals surface area contributed by atoms with Gasteiger partial charge in [0.1, 0.15) is 22.9 Å². The molecule has 1 fully saturated rings. The molecule has 1 aliphatic rings. The fraction of sp³-hybridized carbons (Fsp3) is 0.200.